The van der Waals surface area contributed by atoms with Crippen LogP contribution in [0.3, 0.4) is 0 Å². The van der Waals surface area contributed by atoms with Crippen molar-refractivity contribution in [3.8, 4) is 0 Å². The number of rotatable bonds is 3. The number of carboxylic acid groups (broad SMARTS) is 1. The van der Waals surface area contributed by atoms with Crippen molar-refractivity contribution in [3.63, 3.8) is 0 Å². The predicted molar refractivity (Wildman–Crippen MR) is 84.2 cm³/mol. The third-order valence-corrected chi connectivity index (χ3v) is 4.76. The van der Waals surface area contributed by atoms with Crippen LogP contribution >= 0.6 is 11.6 Å². The van der Waals surface area contributed by atoms with E-state index in [2.05, 4.69) is 5.32 Å². The van der Waals surface area contributed by atoms with E-state index in [1.807, 2.05) is 24.3 Å². The lowest BCUT2D eigenvalue weighted by molar-refractivity contribution is -0.141. The van der Waals surface area contributed by atoms with Crippen LogP contribution in [0.5, 0.6) is 0 Å². The van der Waals surface area contributed by atoms with Crippen LogP contribution in [-0.2, 0) is 11.8 Å². The molecule has 0 radical (unpaired) electrons. The molecule has 2 atom stereocenters. The van der Waals surface area contributed by atoms with Crippen molar-refractivity contribution in [1.82, 2.24) is 9.88 Å². The molecule has 1 aromatic carbocycles. The molecule has 6 heteroatoms. The second-order valence-electron chi connectivity index (χ2n) is 5.76. The van der Waals surface area contributed by atoms with Crippen LogP contribution in [0.1, 0.15) is 29.8 Å². The van der Waals surface area contributed by atoms with E-state index in [9.17, 15) is 9.59 Å². The fourth-order valence-electron chi connectivity index (χ4n) is 3.19. The number of hydrogen-bond acceptors (Lipinski definition) is 2. The van der Waals surface area contributed by atoms with E-state index in [0.29, 0.717) is 30.0 Å². The lowest BCUT2D eigenvalue weighted by Gasteiger charge is -2.13. The first kappa shape index (κ1) is 14.9. The number of para-hydroxylation sites is 1. The van der Waals surface area contributed by atoms with Crippen LogP contribution in [0, 0.1) is 5.92 Å². The van der Waals surface area contributed by atoms with Crippen molar-refractivity contribution in [2.24, 2.45) is 13.0 Å². The Bertz CT molecular complexity index is 714. The minimum absolute atomic E-state index is 0.109. The zero-order chi connectivity index (χ0) is 15.9. The highest BCUT2D eigenvalue weighted by Gasteiger charge is 2.31. The highest BCUT2D eigenvalue weighted by molar-refractivity contribution is 6.38. The maximum absolute atomic E-state index is 12.5. The molecular weight excluding hydrogens is 304 g/mol. The second-order valence-corrected chi connectivity index (χ2v) is 6.14. The van der Waals surface area contributed by atoms with Gasteiger partial charge in [0.05, 0.1) is 10.9 Å². The highest BCUT2D eigenvalue weighted by Crippen LogP contribution is 2.31. The summed E-state index contributed by atoms with van der Waals surface area (Å²) in [5.74, 6) is -1.41. The second kappa shape index (κ2) is 5.65. The summed E-state index contributed by atoms with van der Waals surface area (Å²) >= 11 is 6.35. The number of fused-ring (bicyclic) bond motifs is 1. The molecule has 0 spiro atoms. The van der Waals surface area contributed by atoms with Gasteiger partial charge in [0.15, 0.2) is 0 Å². The standard InChI is InChI=1S/C16H17ClN2O3/c1-19-12-5-3-2-4-11(12)13(17)14(19)15(20)18-10-7-6-9(8-10)16(21)22/h2-5,9-10H,6-8H2,1H3,(H,18,20)(H,21,22)/t9-,10+/m1/s1. The van der Waals surface area contributed by atoms with Crippen molar-refractivity contribution in [2.45, 2.75) is 25.3 Å². The predicted octanol–water partition coefficient (Wildman–Crippen LogP) is 2.81. The van der Waals surface area contributed by atoms with Crippen molar-refractivity contribution >= 4 is 34.4 Å². The van der Waals surface area contributed by atoms with Gasteiger partial charge in [-0.3, -0.25) is 9.59 Å². The SMILES string of the molecule is Cn1c(C(=O)N[C@H]2CC[C@@H](C(=O)O)C2)c(Cl)c2ccccc21. The van der Waals surface area contributed by atoms with Crippen molar-refractivity contribution in [2.75, 3.05) is 0 Å². The molecule has 1 aliphatic carbocycles. The molecule has 0 unspecified atom stereocenters. The average Bonchev–Trinajstić information content (AvgIpc) is 3.04. The molecule has 1 amide bonds. The molecule has 2 aromatic rings. The van der Waals surface area contributed by atoms with Gasteiger partial charge in [-0.15, -0.1) is 0 Å². The average molecular weight is 321 g/mol. The van der Waals surface area contributed by atoms with Crippen LogP contribution in [0.25, 0.3) is 10.9 Å². The molecule has 116 valence electrons. The van der Waals surface area contributed by atoms with Gasteiger partial charge in [-0.2, -0.15) is 0 Å². The summed E-state index contributed by atoms with van der Waals surface area (Å²) in [7, 11) is 1.80. The number of hydrogen-bond donors (Lipinski definition) is 2. The summed E-state index contributed by atoms with van der Waals surface area (Å²) in [6, 6.07) is 7.46. The Kier molecular flexibility index (Phi) is 3.83. The fraction of sp³-hybridized carbons (Fsp3) is 0.375. The lowest BCUT2D eigenvalue weighted by atomic mass is 10.1. The molecule has 3 rings (SSSR count). The van der Waals surface area contributed by atoms with Crippen LogP contribution in [0.15, 0.2) is 24.3 Å². The van der Waals surface area contributed by atoms with E-state index < -0.39 is 5.97 Å². The molecule has 1 fully saturated rings. The zero-order valence-corrected chi connectivity index (χ0v) is 12.9. The van der Waals surface area contributed by atoms with Crippen molar-refractivity contribution < 1.29 is 14.7 Å². The zero-order valence-electron chi connectivity index (χ0n) is 12.2. The summed E-state index contributed by atoms with van der Waals surface area (Å²) in [5, 5.41) is 13.2. The number of carbonyl (C=O) groups excluding carboxylic acids is 1. The van der Waals surface area contributed by atoms with E-state index in [0.717, 1.165) is 10.9 Å². The number of aliphatic carboxylic acids is 1. The van der Waals surface area contributed by atoms with Crippen LogP contribution in [0.2, 0.25) is 5.02 Å². The monoisotopic (exact) mass is 320 g/mol. The van der Waals surface area contributed by atoms with Crippen LogP contribution in [-0.4, -0.2) is 27.6 Å². The van der Waals surface area contributed by atoms with E-state index in [4.69, 9.17) is 16.7 Å². The van der Waals surface area contributed by atoms with Crippen molar-refractivity contribution in [3.05, 3.63) is 35.0 Å². The molecule has 1 saturated carbocycles. The van der Waals surface area contributed by atoms with E-state index >= 15 is 0 Å². The summed E-state index contributed by atoms with van der Waals surface area (Å²) in [5.41, 5.74) is 1.31. The molecule has 0 saturated heterocycles. The largest absolute Gasteiger partial charge is 0.481 e. The molecule has 22 heavy (non-hydrogen) atoms. The van der Waals surface area contributed by atoms with Gasteiger partial charge in [0.25, 0.3) is 5.91 Å². The number of carboxylic acids is 1. The smallest absolute Gasteiger partial charge is 0.306 e. The number of nitrogens with one attached hydrogen (secondary N) is 1. The number of benzene rings is 1. The molecular formula is C16H17ClN2O3. The van der Waals surface area contributed by atoms with Gasteiger partial charge in [0.1, 0.15) is 5.69 Å². The highest BCUT2D eigenvalue weighted by atomic mass is 35.5. The maximum atomic E-state index is 12.5. The van der Waals surface area contributed by atoms with Gasteiger partial charge >= 0.3 is 5.97 Å². The number of aromatic nitrogens is 1. The summed E-state index contributed by atoms with van der Waals surface area (Å²) in [6.45, 7) is 0. The third kappa shape index (κ3) is 2.46. The molecule has 2 N–H and O–H groups in total. The lowest BCUT2D eigenvalue weighted by Crippen LogP contribution is -2.34. The molecule has 5 nitrogen and oxygen atoms in total. The maximum Gasteiger partial charge on any atom is 0.306 e. The molecule has 1 aromatic heterocycles. The third-order valence-electron chi connectivity index (χ3n) is 4.38. The molecule has 0 bridgehead atoms. The minimum atomic E-state index is -0.792. The van der Waals surface area contributed by atoms with Gasteiger partial charge in [-0.25, -0.2) is 0 Å². The Balaban J connectivity index is 1.83. The Morgan fingerprint density at radius 3 is 2.68 bits per heavy atom. The first-order chi connectivity index (χ1) is 10.5. The van der Waals surface area contributed by atoms with Gasteiger partial charge in [0, 0.05) is 24.0 Å². The first-order valence-corrected chi connectivity index (χ1v) is 7.63. The first-order valence-electron chi connectivity index (χ1n) is 7.25. The summed E-state index contributed by atoms with van der Waals surface area (Å²) in [4.78, 5) is 23.5. The Morgan fingerprint density at radius 2 is 2.05 bits per heavy atom. The Morgan fingerprint density at radius 1 is 1.32 bits per heavy atom. The van der Waals surface area contributed by atoms with E-state index in [-0.39, 0.29) is 17.9 Å². The quantitative estimate of drug-likeness (QED) is 0.913. The normalized spacial score (nSPS) is 21.2. The van der Waals surface area contributed by atoms with Crippen molar-refractivity contribution in [1.29, 1.82) is 0 Å². The van der Waals surface area contributed by atoms with E-state index in [1.165, 1.54) is 0 Å². The topological polar surface area (TPSA) is 71.3 Å². The van der Waals surface area contributed by atoms with Gasteiger partial charge in [-0.05, 0) is 25.3 Å². The molecule has 0 aliphatic heterocycles. The Hall–Kier alpha value is -2.01. The van der Waals surface area contributed by atoms with Crippen LogP contribution < -0.4 is 5.32 Å². The van der Waals surface area contributed by atoms with Gasteiger partial charge < -0.3 is 15.0 Å². The number of halogens is 1. The summed E-state index contributed by atoms with van der Waals surface area (Å²) < 4.78 is 1.77. The van der Waals surface area contributed by atoms with Crippen LogP contribution in [0.4, 0.5) is 0 Å². The minimum Gasteiger partial charge on any atom is -0.481 e. The number of nitrogens with zero attached hydrogens (tertiary/aromatic N) is 1. The summed E-state index contributed by atoms with van der Waals surface area (Å²) in [6.07, 6.45) is 1.76. The number of amides is 1. The molecule has 1 aliphatic rings. The van der Waals surface area contributed by atoms with Gasteiger partial charge in [-0.1, -0.05) is 29.8 Å². The van der Waals surface area contributed by atoms with Gasteiger partial charge in [0.2, 0.25) is 0 Å². The Labute approximate surface area is 132 Å². The number of carbonyl (C=O) groups is 2. The fourth-order valence-corrected chi connectivity index (χ4v) is 3.56. The molecule has 1 heterocycles. The van der Waals surface area contributed by atoms with E-state index in [1.54, 1.807) is 11.6 Å². The number of aryl methyl sites for hydroxylation is 1.